The number of amides is 1. The van der Waals surface area contributed by atoms with E-state index >= 15 is 0 Å². The number of nitrogens with zero attached hydrogens (tertiary/aromatic N) is 4. The molecule has 214 valence electrons. The van der Waals surface area contributed by atoms with Gasteiger partial charge in [0.1, 0.15) is 17.6 Å². The van der Waals surface area contributed by atoms with Gasteiger partial charge in [-0.1, -0.05) is 35.3 Å². The summed E-state index contributed by atoms with van der Waals surface area (Å²) in [5.41, 5.74) is -0.745. The number of aromatic amines is 1. The fourth-order valence-electron chi connectivity index (χ4n) is 4.32. The van der Waals surface area contributed by atoms with Crippen molar-refractivity contribution in [3.8, 4) is 29.0 Å². The van der Waals surface area contributed by atoms with Crippen molar-refractivity contribution in [2.24, 2.45) is 0 Å². The van der Waals surface area contributed by atoms with E-state index < -0.39 is 23.3 Å². The molecule has 1 aliphatic rings. The van der Waals surface area contributed by atoms with Gasteiger partial charge in [0.15, 0.2) is 5.75 Å². The molecule has 3 aromatic carbocycles. The minimum Gasteiger partial charge on any atom is -0.454 e. The molecule has 1 aromatic heterocycles. The van der Waals surface area contributed by atoms with Gasteiger partial charge in [-0.3, -0.25) is 14.6 Å². The summed E-state index contributed by atoms with van der Waals surface area (Å²) in [6, 6.07) is 14.4. The fraction of sp³-hybridized carbons (Fsp3) is 0.148. The standard InChI is InChI=1S/C27H16Cl2F3N5O5/c28-20-10-16(37-26(40)34-24(38)22(12-33)35-37)11-21(29)23(20)41-17-4-5-19-15(9-17)6-7-36(25(19)39)13-14-2-1-3-18(8-14)42-27(30,31)32/h1-5,8-11H,6-7,13H2,(H,34,38,40). The zero-order chi connectivity index (χ0) is 30.2. The lowest BCUT2D eigenvalue weighted by atomic mass is 9.98. The van der Waals surface area contributed by atoms with Gasteiger partial charge in [-0.2, -0.15) is 9.94 Å². The Labute approximate surface area is 244 Å². The van der Waals surface area contributed by atoms with Gasteiger partial charge in [0, 0.05) is 18.7 Å². The summed E-state index contributed by atoms with van der Waals surface area (Å²) >= 11 is 12.8. The molecule has 1 N–H and O–H groups in total. The molecule has 0 unspecified atom stereocenters. The van der Waals surface area contributed by atoms with Crippen LogP contribution in [0.25, 0.3) is 5.69 Å². The minimum absolute atomic E-state index is 0.00684. The second kappa shape index (κ2) is 11.2. The molecule has 0 bridgehead atoms. The summed E-state index contributed by atoms with van der Waals surface area (Å²) in [6.45, 7) is 0.397. The number of nitrogens with one attached hydrogen (secondary N) is 1. The number of aromatic nitrogens is 3. The van der Waals surface area contributed by atoms with Crippen LogP contribution in [-0.4, -0.2) is 38.5 Å². The average Bonchev–Trinajstić information content (AvgIpc) is 2.91. The largest absolute Gasteiger partial charge is 0.573 e. The zero-order valence-electron chi connectivity index (χ0n) is 21.0. The Kier molecular flexibility index (Phi) is 7.68. The highest BCUT2D eigenvalue weighted by molar-refractivity contribution is 6.37. The molecule has 5 rings (SSSR count). The Hall–Kier alpha value is -4.80. The van der Waals surface area contributed by atoms with E-state index in [0.29, 0.717) is 35.4 Å². The van der Waals surface area contributed by atoms with Crippen molar-refractivity contribution in [1.29, 1.82) is 5.26 Å². The molecule has 10 nitrogen and oxygen atoms in total. The third-order valence-corrected chi connectivity index (χ3v) is 6.69. The maximum absolute atomic E-state index is 13.1. The summed E-state index contributed by atoms with van der Waals surface area (Å²) in [5.74, 6) is -0.314. The van der Waals surface area contributed by atoms with Gasteiger partial charge in [0.2, 0.25) is 5.69 Å². The van der Waals surface area contributed by atoms with E-state index in [2.05, 4.69) is 9.84 Å². The lowest BCUT2D eigenvalue weighted by Gasteiger charge is -2.29. The van der Waals surface area contributed by atoms with Crippen molar-refractivity contribution < 1.29 is 27.4 Å². The molecule has 1 aliphatic heterocycles. The number of carbonyl (C=O) groups is 1. The molecular weight excluding hydrogens is 602 g/mol. The van der Waals surface area contributed by atoms with E-state index in [4.69, 9.17) is 33.2 Å². The molecule has 0 atom stereocenters. The Morgan fingerprint density at radius 3 is 2.45 bits per heavy atom. The number of nitriles is 1. The van der Waals surface area contributed by atoms with Crippen molar-refractivity contribution in [3.63, 3.8) is 0 Å². The first-order chi connectivity index (χ1) is 19.9. The normalized spacial score (nSPS) is 13.0. The number of H-pyrrole nitrogens is 1. The van der Waals surface area contributed by atoms with E-state index in [1.54, 1.807) is 24.3 Å². The van der Waals surface area contributed by atoms with E-state index in [1.807, 2.05) is 4.98 Å². The van der Waals surface area contributed by atoms with Gasteiger partial charge in [0.25, 0.3) is 11.5 Å². The molecule has 0 aliphatic carbocycles. The maximum atomic E-state index is 13.1. The number of benzene rings is 3. The van der Waals surface area contributed by atoms with E-state index in [0.717, 1.165) is 4.68 Å². The molecule has 2 heterocycles. The Bertz CT molecular complexity index is 1860. The van der Waals surface area contributed by atoms with Crippen LogP contribution in [0.1, 0.15) is 27.2 Å². The molecule has 4 aromatic rings. The van der Waals surface area contributed by atoms with Crippen molar-refractivity contribution in [3.05, 3.63) is 108 Å². The first-order valence-electron chi connectivity index (χ1n) is 12.0. The summed E-state index contributed by atoms with van der Waals surface area (Å²) in [6.07, 6.45) is -4.38. The molecule has 0 saturated carbocycles. The number of hydrogen-bond donors (Lipinski definition) is 1. The van der Waals surface area contributed by atoms with Gasteiger partial charge in [0.05, 0.1) is 15.7 Å². The van der Waals surface area contributed by atoms with Crippen LogP contribution in [0.15, 0.2) is 64.2 Å². The summed E-state index contributed by atoms with van der Waals surface area (Å²) in [5, 5.41) is 12.7. The second-order valence-electron chi connectivity index (χ2n) is 8.96. The molecule has 42 heavy (non-hydrogen) atoms. The van der Waals surface area contributed by atoms with Crippen LogP contribution in [0, 0.1) is 11.3 Å². The van der Waals surface area contributed by atoms with Crippen LogP contribution in [0.4, 0.5) is 13.2 Å². The van der Waals surface area contributed by atoms with E-state index in [1.165, 1.54) is 41.3 Å². The first kappa shape index (κ1) is 28.7. The number of ether oxygens (including phenoxy) is 2. The lowest BCUT2D eigenvalue weighted by molar-refractivity contribution is -0.274. The predicted octanol–water partition coefficient (Wildman–Crippen LogP) is 4.99. The van der Waals surface area contributed by atoms with Crippen LogP contribution in [0.5, 0.6) is 17.2 Å². The van der Waals surface area contributed by atoms with Crippen molar-refractivity contribution in [2.45, 2.75) is 19.3 Å². The quantitative estimate of drug-likeness (QED) is 0.322. The number of fused-ring (bicyclic) bond motifs is 1. The molecule has 15 heteroatoms. The Morgan fingerprint density at radius 2 is 1.76 bits per heavy atom. The molecular formula is C27H16Cl2F3N5O5. The van der Waals surface area contributed by atoms with Crippen LogP contribution in [0.3, 0.4) is 0 Å². The molecule has 1 amide bonds. The first-order valence-corrected chi connectivity index (χ1v) is 12.8. The van der Waals surface area contributed by atoms with Gasteiger partial charge in [-0.25, -0.2) is 4.79 Å². The number of alkyl halides is 3. The smallest absolute Gasteiger partial charge is 0.454 e. The zero-order valence-corrected chi connectivity index (χ0v) is 22.5. The topological polar surface area (TPSA) is 130 Å². The third kappa shape index (κ3) is 6.09. The molecule has 0 radical (unpaired) electrons. The van der Waals surface area contributed by atoms with E-state index in [9.17, 15) is 27.6 Å². The van der Waals surface area contributed by atoms with Crippen molar-refractivity contribution >= 4 is 29.1 Å². The van der Waals surface area contributed by atoms with Crippen LogP contribution < -0.4 is 20.7 Å². The summed E-state index contributed by atoms with van der Waals surface area (Å²) in [7, 11) is 0. The van der Waals surface area contributed by atoms with Crippen molar-refractivity contribution in [2.75, 3.05) is 6.54 Å². The molecule has 0 fully saturated rings. The number of rotatable bonds is 6. The second-order valence-corrected chi connectivity index (χ2v) is 9.78. The fourth-order valence-corrected chi connectivity index (χ4v) is 4.87. The average molecular weight is 618 g/mol. The third-order valence-electron chi connectivity index (χ3n) is 6.13. The highest BCUT2D eigenvalue weighted by Crippen LogP contribution is 2.39. The van der Waals surface area contributed by atoms with Gasteiger partial charge >= 0.3 is 12.1 Å². The van der Waals surface area contributed by atoms with E-state index in [-0.39, 0.29) is 39.7 Å². The maximum Gasteiger partial charge on any atom is 0.573 e. The highest BCUT2D eigenvalue weighted by atomic mass is 35.5. The summed E-state index contributed by atoms with van der Waals surface area (Å²) in [4.78, 5) is 40.5. The van der Waals surface area contributed by atoms with Crippen LogP contribution in [0.2, 0.25) is 10.0 Å². The molecule has 0 saturated heterocycles. The van der Waals surface area contributed by atoms with Gasteiger partial charge in [-0.05, 0) is 60.0 Å². The number of halogens is 5. The number of carbonyl (C=O) groups excluding carboxylic acids is 1. The molecule has 0 spiro atoms. The van der Waals surface area contributed by atoms with Crippen LogP contribution in [-0.2, 0) is 13.0 Å². The van der Waals surface area contributed by atoms with Gasteiger partial charge in [-0.15, -0.1) is 18.3 Å². The Morgan fingerprint density at radius 1 is 1.02 bits per heavy atom. The lowest BCUT2D eigenvalue weighted by Crippen LogP contribution is -2.37. The van der Waals surface area contributed by atoms with Gasteiger partial charge < -0.3 is 14.4 Å². The van der Waals surface area contributed by atoms with Crippen molar-refractivity contribution in [1.82, 2.24) is 19.7 Å². The van der Waals surface area contributed by atoms with Crippen LogP contribution >= 0.6 is 23.2 Å². The Balaban J connectivity index is 1.34. The minimum atomic E-state index is -4.82. The highest BCUT2D eigenvalue weighted by Gasteiger charge is 2.31. The summed E-state index contributed by atoms with van der Waals surface area (Å²) < 4.78 is 48.3. The SMILES string of the molecule is N#Cc1nn(-c2cc(Cl)c(Oc3ccc4c(c3)CCN(Cc3cccc(OC(F)(F)F)c3)C4=O)c(Cl)c2)c(=O)[nH]c1=O. The predicted molar refractivity (Wildman–Crippen MR) is 143 cm³/mol. The monoisotopic (exact) mass is 617 g/mol. The number of hydrogen-bond acceptors (Lipinski definition) is 7.